The molecule has 1 aliphatic rings. The van der Waals surface area contributed by atoms with E-state index in [1.54, 1.807) is 6.07 Å². The van der Waals surface area contributed by atoms with Crippen LogP contribution in [0.25, 0.3) is 0 Å². The molecular formula is C12H14O. The summed E-state index contributed by atoms with van der Waals surface area (Å²) in [5.41, 5.74) is 3.96. The summed E-state index contributed by atoms with van der Waals surface area (Å²) in [4.78, 5) is 0. The molecule has 1 heteroatoms. The third-order valence-corrected chi connectivity index (χ3v) is 3.02. The molecule has 1 nitrogen and oxygen atoms in total. The topological polar surface area (TPSA) is 20.2 Å². The van der Waals surface area contributed by atoms with Gasteiger partial charge in [0.1, 0.15) is 5.75 Å². The Morgan fingerprint density at radius 1 is 1.23 bits per heavy atom. The van der Waals surface area contributed by atoms with E-state index in [2.05, 4.69) is 13.8 Å². The third-order valence-electron chi connectivity index (χ3n) is 3.02. The SMILES string of the molecule is CC1=C(C)C(c2ccccc2O)C1. The molecule has 1 unspecified atom stereocenters. The van der Waals surface area contributed by atoms with Crippen molar-refractivity contribution in [3.8, 4) is 5.75 Å². The maximum absolute atomic E-state index is 9.63. The van der Waals surface area contributed by atoms with E-state index in [1.807, 2.05) is 18.2 Å². The predicted octanol–water partition coefficient (Wildman–Crippen LogP) is 3.22. The van der Waals surface area contributed by atoms with Gasteiger partial charge >= 0.3 is 0 Å². The van der Waals surface area contributed by atoms with Gasteiger partial charge in [0.25, 0.3) is 0 Å². The minimum atomic E-state index is 0.430. The zero-order chi connectivity index (χ0) is 9.42. The Bertz CT molecular complexity index is 363. The van der Waals surface area contributed by atoms with Crippen LogP contribution in [0.5, 0.6) is 5.75 Å². The quantitative estimate of drug-likeness (QED) is 0.648. The molecule has 0 bridgehead atoms. The Labute approximate surface area is 78.7 Å². The summed E-state index contributed by atoms with van der Waals surface area (Å²) in [7, 11) is 0. The summed E-state index contributed by atoms with van der Waals surface area (Å²) >= 11 is 0. The molecule has 1 N–H and O–H groups in total. The average molecular weight is 174 g/mol. The molecule has 0 radical (unpaired) electrons. The molecule has 68 valence electrons. The second kappa shape index (κ2) is 2.91. The van der Waals surface area contributed by atoms with Crippen LogP contribution in [0.15, 0.2) is 35.4 Å². The molecule has 0 saturated heterocycles. The van der Waals surface area contributed by atoms with Crippen LogP contribution in [-0.2, 0) is 0 Å². The van der Waals surface area contributed by atoms with Crippen molar-refractivity contribution in [2.24, 2.45) is 0 Å². The third kappa shape index (κ3) is 1.24. The van der Waals surface area contributed by atoms with Crippen LogP contribution in [0.1, 0.15) is 31.7 Å². The summed E-state index contributed by atoms with van der Waals surface area (Å²) < 4.78 is 0. The van der Waals surface area contributed by atoms with Crippen molar-refractivity contribution < 1.29 is 5.11 Å². The number of hydrogen-bond acceptors (Lipinski definition) is 1. The predicted molar refractivity (Wildman–Crippen MR) is 53.8 cm³/mol. The van der Waals surface area contributed by atoms with E-state index in [0.29, 0.717) is 11.7 Å². The highest BCUT2D eigenvalue weighted by Crippen LogP contribution is 2.44. The van der Waals surface area contributed by atoms with Gasteiger partial charge in [-0.1, -0.05) is 29.3 Å². The van der Waals surface area contributed by atoms with Gasteiger partial charge in [0.15, 0.2) is 0 Å². The van der Waals surface area contributed by atoms with Crippen molar-refractivity contribution in [1.29, 1.82) is 0 Å². The minimum Gasteiger partial charge on any atom is -0.508 e. The second-order valence-corrected chi connectivity index (χ2v) is 3.78. The fourth-order valence-electron chi connectivity index (χ4n) is 1.91. The molecule has 1 aromatic carbocycles. The van der Waals surface area contributed by atoms with E-state index in [0.717, 1.165) is 12.0 Å². The second-order valence-electron chi connectivity index (χ2n) is 3.78. The lowest BCUT2D eigenvalue weighted by Crippen LogP contribution is -2.12. The number of aromatic hydroxyl groups is 1. The Morgan fingerprint density at radius 2 is 1.92 bits per heavy atom. The highest BCUT2D eigenvalue weighted by atomic mass is 16.3. The van der Waals surface area contributed by atoms with Crippen molar-refractivity contribution in [1.82, 2.24) is 0 Å². The summed E-state index contributed by atoms with van der Waals surface area (Å²) in [6, 6.07) is 7.62. The molecule has 0 spiro atoms. The Balaban J connectivity index is 2.35. The summed E-state index contributed by atoms with van der Waals surface area (Å²) in [5, 5.41) is 9.63. The normalized spacial score (nSPS) is 21.5. The molecule has 2 rings (SSSR count). The number of benzene rings is 1. The lowest BCUT2D eigenvalue weighted by Gasteiger charge is -2.30. The molecular weight excluding hydrogens is 160 g/mol. The van der Waals surface area contributed by atoms with Crippen LogP contribution in [0, 0.1) is 0 Å². The first-order valence-electron chi connectivity index (χ1n) is 4.64. The molecule has 0 fully saturated rings. The van der Waals surface area contributed by atoms with E-state index in [4.69, 9.17) is 0 Å². The molecule has 0 aliphatic heterocycles. The lowest BCUT2D eigenvalue weighted by atomic mass is 9.75. The highest BCUT2D eigenvalue weighted by Gasteiger charge is 2.26. The van der Waals surface area contributed by atoms with Gasteiger partial charge in [-0.05, 0) is 26.3 Å². The van der Waals surface area contributed by atoms with Gasteiger partial charge < -0.3 is 5.11 Å². The molecule has 0 saturated carbocycles. The van der Waals surface area contributed by atoms with Gasteiger partial charge in [-0.2, -0.15) is 0 Å². The minimum absolute atomic E-state index is 0.430. The van der Waals surface area contributed by atoms with Gasteiger partial charge in [0.05, 0.1) is 0 Å². The zero-order valence-corrected chi connectivity index (χ0v) is 8.04. The van der Waals surface area contributed by atoms with E-state index < -0.39 is 0 Å². The fraction of sp³-hybridized carbons (Fsp3) is 0.333. The molecule has 0 amide bonds. The van der Waals surface area contributed by atoms with Crippen LogP contribution in [0.3, 0.4) is 0 Å². The van der Waals surface area contributed by atoms with E-state index >= 15 is 0 Å². The first kappa shape index (κ1) is 8.36. The van der Waals surface area contributed by atoms with Crippen LogP contribution in [0.2, 0.25) is 0 Å². The van der Waals surface area contributed by atoms with Crippen molar-refractivity contribution in [2.45, 2.75) is 26.2 Å². The van der Waals surface area contributed by atoms with Crippen molar-refractivity contribution in [3.05, 3.63) is 41.0 Å². The molecule has 0 heterocycles. The van der Waals surface area contributed by atoms with E-state index in [9.17, 15) is 5.11 Å². The molecule has 1 aliphatic carbocycles. The van der Waals surface area contributed by atoms with Crippen molar-refractivity contribution in [2.75, 3.05) is 0 Å². The molecule has 1 atom stereocenters. The highest BCUT2D eigenvalue weighted by molar-refractivity contribution is 5.45. The smallest absolute Gasteiger partial charge is 0.119 e. The Kier molecular flexibility index (Phi) is 1.87. The lowest BCUT2D eigenvalue weighted by molar-refractivity contribution is 0.460. The average Bonchev–Trinajstić information content (AvgIpc) is 2.15. The van der Waals surface area contributed by atoms with Gasteiger partial charge in [-0.15, -0.1) is 0 Å². The zero-order valence-electron chi connectivity index (χ0n) is 8.04. The first-order chi connectivity index (χ1) is 6.20. The number of para-hydroxylation sites is 1. The standard InChI is InChI=1S/C12H14O/c1-8-7-11(9(8)2)10-5-3-4-6-12(10)13/h3-6,11,13H,7H2,1-2H3. The van der Waals surface area contributed by atoms with Crippen LogP contribution < -0.4 is 0 Å². The van der Waals surface area contributed by atoms with Gasteiger partial charge in [0.2, 0.25) is 0 Å². The van der Waals surface area contributed by atoms with Gasteiger partial charge in [-0.3, -0.25) is 0 Å². The Morgan fingerprint density at radius 3 is 2.46 bits per heavy atom. The van der Waals surface area contributed by atoms with E-state index in [-0.39, 0.29) is 0 Å². The molecule has 13 heavy (non-hydrogen) atoms. The maximum atomic E-state index is 9.63. The van der Waals surface area contributed by atoms with E-state index in [1.165, 1.54) is 11.1 Å². The summed E-state index contributed by atoms with van der Waals surface area (Å²) in [6.45, 7) is 4.31. The van der Waals surface area contributed by atoms with Gasteiger partial charge in [0, 0.05) is 11.5 Å². The number of phenolic OH excluding ortho intramolecular Hbond substituents is 1. The number of rotatable bonds is 1. The first-order valence-corrected chi connectivity index (χ1v) is 4.64. The summed E-state index contributed by atoms with van der Waals surface area (Å²) in [6.07, 6.45) is 1.10. The number of allylic oxidation sites excluding steroid dienone is 2. The fourth-order valence-corrected chi connectivity index (χ4v) is 1.91. The molecule has 1 aromatic rings. The Hall–Kier alpha value is -1.24. The largest absolute Gasteiger partial charge is 0.508 e. The van der Waals surface area contributed by atoms with Crippen LogP contribution in [-0.4, -0.2) is 5.11 Å². The molecule has 0 aromatic heterocycles. The van der Waals surface area contributed by atoms with Crippen LogP contribution >= 0.6 is 0 Å². The number of hydrogen-bond donors (Lipinski definition) is 1. The number of phenols is 1. The van der Waals surface area contributed by atoms with Crippen molar-refractivity contribution in [3.63, 3.8) is 0 Å². The monoisotopic (exact) mass is 174 g/mol. The van der Waals surface area contributed by atoms with Gasteiger partial charge in [-0.25, -0.2) is 0 Å². The van der Waals surface area contributed by atoms with Crippen molar-refractivity contribution >= 4 is 0 Å². The maximum Gasteiger partial charge on any atom is 0.119 e. The van der Waals surface area contributed by atoms with Crippen LogP contribution in [0.4, 0.5) is 0 Å². The summed E-state index contributed by atoms with van der Waals surface area (Å²) in [5.74, 6) is 0.889.